The van der Waals surface area contributed by atoms with Crippen molar-refractivity contribution in [1.29, 1.82) is 0 Å². The minimum Gasteiger partial charge on any atom is -0.479 e. The average molecular weight is 275 g/mol. The highest BCUT2D eigenvalue weighted by atomic mass is 16.4. The van der Waals surface area contributed by atoms with Gasteiger partial charge in [0.2, 0.25) is 0 Å². The molecule has 1 aliphatic carbocycles. The predicted octanol–water partition coefficient (Wildman–Crippen LogP) is 4.16. The first-order chi connectivity index (χ1) is 9.36. The van der Waals surface area contributed by atoms with E-state index < -0.39 is 11.5 Å². The Balaban J connectivity index is 2.38. The summed E-state index contributed by atoms with van der Waals surface area (Å²) in [6.45, 7) is 6.44. The summed E-state index contributed by atoms with van der Waals surface area (Å²) in [5.74, 6) is -0.595. The van der Waals surface area contributed by atoms with Gasteiger partial charge in [-0.15, -0.1) is 0 Å². The lowest BCUT2D eigenvalue weighted by molar-refractivity contribution is -0.148. The van der Waals surface area contributed by atoms with Gasteiger partial charge in [0, 0.05) is 5.69 Å². The molecule has 20 heavy (non-hydrogen) atoms. The Bertz CT molecular complexity index is 464. The third-order valence-corrected chi connectivity index (χ3v) is 4.48. The van der Waals surface area contributed by atoms with Crippen LogP contribution in [0, 0.1) is 11.3 Å². The molecule has 0 aliphatic heterocycles. The van der Waals surface area contributed by atoms with Crippen LogP contribution in [-0.4, -0.2) is 16.6 Å². The van der Waals surface area contributed by atoms with E-state index in [9.17, 15) is 9.90 Å². The smallest absolute Gasteiger partial charge is 0.329 e. The van der Waals surface area contributed by atoms with Crippen LogP contribution in [0.1, 0.15) is 46.5 Å². The number of aliphatic carboxylic acids is 1. The molecule has 0 saturated heterocycles. The zero-order valence-corrected chi connectivity index (χ0v) is 12.6. The molecule has 1 saturated carbocycles. The number of carbonyl (C=O) groups is 1. The van der Waals surface area contributed by atoms with Crippen LogP contribution in [0.2, 0.25) is 0 Å². The highest BCUT2D eigenvalue weighted by molar-refractivity contribution is 5.83. The molecule has 2 unspecified atom stereocenters. The summed E-state index contributed by atoms with van der Waals surface area (Å²) in [7, 11) is 0. The van der Waals surface area contributed by atoms with E-state index in [1.54, 1.807) is 0 Å². The Kier molecular flexibility index (Phi) is 4.07. The number of carboxylic acid groups (broad SMARTS) is 1. The predicted molar refractivity (Wildman–Crippen MR) is 81.8 cm³/mol. The van der Waals surface area contributed by atoms with Gasteiger partial charge in [-0.3, -0.25) is 0 Å². The molecule has 1 aromatic carbocycles. The minimum absolute atomic E-state index is 0.0272. The normalized spacial score (nSPS) is 27.1. The van der Waals surface area contributed by atoms with E-state index in [1.165, 1.54) is 0 Å². The SMILES string of the molecule is CC(C)(C)C1CCCCC1(Nc1ccccc1)C(=O)O. The highest BCUT2D eigenvalue weighted by Gasteiger charge is 2.51. The summed E-state index contributed by atoms with van der Waals surface area (Å²) in [4.78, 5) is 12.1. The molecule has 110 valence electrons. The van der Waals surface area contributed by atoms with Gasteiger partial charge in [0.15, 0.2) is 0 Å². The van der Waals surface area contributed by atoms with Gasteiger partial charge in [0.1, 0.15) is 5.54 Å². The van der Waals surface area contributed by atoms with Crippen LogP contribution >= 0.6 is 0 Å². The average Bonchev–Trinajstić information content (AvgIpc) is 2.39. The van der Waals surface area contributed by atoms with Crippen LogP contribution in [0.5, 0.6) is 0 Å². The lowest BCUT2D eigenvalue weighted by Crippen LogP contribution is -2.58. The Labute approximate surface area is 121 Å². The van der Waals surface area contributed by atoms with Crippen LogP contribution in [0.25, 0.3) is 0 Å². The quantitative estimate of drug-likeness (QED) is 0.871. The molecule has 1 aromatic rings. The van der Waals surface area contributed by atoms with Crippen molar-refractivity contribution in [3.8, 4) is 0 Å². The maximum atomic E-state index is 12.1. The van der Waals surface area contributed by atoms with Crippen molar-refractivity contribution in [2.24, 2.45) is 11.3 Å². The van der Waals surface area contributed by atoms with Crippen molar-refractivity contribution in [2.45, 2.75) is 52.0 Å². The molecular formula is C17H25NO2. The Morgan fingerprint density at radius 2 is 1.90 bits per heavy atom. The molecular weight excluding hydrogens is 250 g/mol. The third-order valence-electron chi connectivity index (χ3n) is 4.48. The van der Waals surface area contributed by atoms with Crippen LogP contribution in [-0.2, 0) is 4.79 Å². The molecule has 0 heterocycles. The lowest BCUT2D eigenvalue weighted by Gasteiger charge is -2.48. The zero-order chi connectivity index (χ0) is 14.8. The molecule has 2 N–H and O–H groups in total. The first-order valence-electron chi connectivity index (χ1n) is 7.43. The van der Waals surface area contributed by atoms with Gasteiger partial charge in [-0.1, -0.05) is 51.8 Å². The number of para-hydroxylation sites is 1. The molecule has 2 atom stereocenters. The molecule has 0 amide bonds. The molecule has 0 spiro atoms. The number of hydrogen-bond donors (Lipinski definition) is 2. The number of anilines is 1. The standard InChI is InChI=1S/C17H25NO2/c1-16(2,3)14-11-7-8-12-17(14,15(19)20)18-13-9-5-4-6-10-13/h4-6,9-10,14,18H,7-8,11-12H2,1-3H3,(H,19,20). The van der Waals surface area contributed by atoms with Crippen LogP contribution in [0.4, 0.5) is 5.69 Å². The molecule has 3 nitrogen and oxygen atoms in total. The summed E-state index contributed by atoms with van der Waals surface area (Å²) in [5, 5.41) is 13.3. The molecule has 1 aliphatic rings. The zero-order valence-electron chi connectivity index (χ0n) is 12.6. The van der Waals surface area contributed by atoms with E-state index in [0.29, 0.717) is 6.42 Å². The van der Waals surface area contributed by atoms with Crippen molar-refractivity contribution >= 4 is 11.7 Å². The number of rotatable bonds is 3. The second-order valence-corrected chi connectivity index (χ2v) is 6.93. The molecule has 2 rings (SSSR count). The Morgan fingerprint density at radius 1 is 1.25 bits per heavy atom. The maximum absolute atomic E-state index is 12.1. The van der Waals surface area contributed by atoms with Gasteiger partial charge in [0.05, 0.1) is 0 Å². The Morgan fingerprint density at radius 3 is 2.45 bits per heavy atom. The van der Waals surface area contributed by atoms with Gasteiger partial charge in [-0.05, 0) is 36.3 Å². The number of carboxylic acids is 1. The topological polar surface area (TPSA) is 49.3 Å². The number of benzene rings is 1. The largest absolute Gasteiger partial charge is 0.479 e. The minimum atomic E-state index is -0.849. The van der Waals surface area contributed by atoms with Crippen LogP contribution < -0.4 is 5.32 Å². The molecule has 0 radical (unpaired) electrons. The molecule has 0 aromatic heterocycles. The summed E-state index contributed by atoms with van der Waals surface area (Å²) >= 11 is 0. The van der Waals surface area contributed by atoms with E-state index in [2.05, 4.69) is 26.1 Å². The summed E-state index contributed by atoms with van der Waals surface area (Å²) < 4.78 is 0. The molecule has 0 bridgehead atoms. The summed E-state index contributed by atoms with van der Waals surface area (Å²) in [5.41, 5.74) is 0.0179. The first kappa shape index (κ1) is 14.9. The Hall–Kier alpha value is -1.51. The van der Waals surface area contributed by atoms with E-state index in [0.717, 1.165) is 24.9 Å². The van der Waals surface area contributed by atoms with Crippen LogP contribution in [0.15, 0.2) is 30.3 Å². The summed E-state index contributed by atoms with van der Waals surface area (Å²) in [6, 6.07) is 9.71. The molecule has 1 fully saturated rings. The van der Waals surface area contributed by atoms with Crippen molar-refractivity contribution in [3.05, 3.63) is 30.3 Å². The van der Waals surface area contributed by atoms with Gasteiger partial charge < -0.3 is 10.4 Å². The second kappa shape index (κ2) is 5.47. The monoisotopic (exact) mass is 275 g/mol. The van der Waals surface area contributed by atoms with Crippen LogP contribution in [0.3, 0.4) is 0 Å². The van der Waals surface area contributed by atoms with Crippen molar-refractivity contribution in [3.63, 3.8) is 0 Å². The van der Waals surface area contributed by atoms with Gasteiger partial charge in [-0.2, -0.15) is 0 Å². The van der Waals surface area contributed by atoms with Crippen molar-refractivity contribution in [1.82, 2.24) is 0 Å². The highest BCUT2D eigenvalue weighted by Crippen LogP contribution is 2.46. The van der Waals surface area contributed by atoms with E-state index in [1.807, 2.05) is 30.3 Å². The van der Waals surface area contributed by atoms with Gasteiger partial charge in [0.25, 0.3) is 0 Å². The molecule has 3 heteroatoms. The van der Waals surface area contributed by atoms with Crippen molar-refractivity contribution in [2.75, 3.05) is 5.32 Å². The van der Waals surface area contributed by atoms with Gasteiger partial charge >= 0.3 is 5.97 Å². The number of hydrogen-bond acceptors (Lipinski definition) is 2. The maximum Gasteiger partial charge on any atom is 0.329 e. The fourth-order valence-corrected chi connectivity index (χ4v) is 3.58. The van der Waals surface area contributed by atoms with E-state index in [4.69, 9.17) is 0 Å². The second-order valence-electron chi connectivity index (χ2n) is 6.93. The number of nitrogens with one attached hydrogen (secondary N) is 1. The summed E-state index contributed by atoms with van der Waals surface area (Å²) in [6.07, 6.45) is 3.75. The van der Waals surface area contributed by atoms with Gasteiger partial charge in [-0.25, -0.2) is 4.79 Å². The van der Waals surface area contributed by atoms with E-state index >= 15 is 0 Å². The first-order valence-corrected chi connectivity index (χ1v) is 7.43. The van der Waals surface area contributed by atoms with E-state index in [-0.39, 0.29) is 11.3 Å². The lowest BCUT2D eigenvalue weighted by atomic mass is 9.62. The van der Waals surface area contributed by atoms with Crippen molar-refractivity contribution < 1.29 is 9.90 Å². The fraction of sp³-hybridized carbons (Fsp3) is 0.588. The third kappa shape index (κ3) is 2.82. The fourth-order valence-electron chi connectivity index (χ4n) is 3.58.